The van der Waals surface area contributed by atoms with Crippen LogP contribution in [0.25, 0.3) is 0 Å². The highest BCUT2D eigenvalue weighted by molar-refractivity contribution is 5.74. The van der Waals surface area contributed by atoms with E-state index in [1.54, 1.807) is 0 Å². The molecule has 4 heteroatoms. The second-order valence-electron chi connectivity index (χ2n) is 6.43. The average molecular weight is 324 g/mol. The van der Waals surface area contributed by atoms with E-state index < -0.39 is 5.79 Å². The molecule has 2 aromatic rings. The molecule has 0 amide bonds. The third-order valence-corrected chi connectivity index (χ3v) is 4.91. The van der Waals surface area contributed by atoms with Crippen LogP contribution in [-0.2, 0) is 32.0 Å². The Kier molecular flexibility index (Phi) is 3.87. The number of methoxy groups -OCH3 is 1. The van der Waals surface area contributed by atoms with E-state index in [1.165, 1.54) is 12.7 Å². The van der Waals surface area contributed by atoms with Crippen LogP contribution in [0.1, 0.15) is 29.2 Å². The highest BCUT2D eigenvalue weighted by Crippen LogP contribution is 2.51. The zero-order valence-corrected chi connectivity index (χ0v) is 13.6. The van der Waals surface area contributed by atoms with Crippen LogP contribution in [0.4, 0.5) is 0 Å². The number of hydrogen-bond acceptors (Lipinski definition) is 4. The van der Waals surface area contributed by atoms with Gasteiger partial charge < -0.3 is 14.2 Å². The lowest BCUT2D eigenvalue weighted by Gasteiger charge is -2.34. The number of carbonyl (C=O) groups excluding carboxylic acids is 1. The van der Waals surface area contributed by atoms with Crippen molar-refractivity contribution >= 4 is 5.97 Å². The number of benzene rings is 2. The molecule has 2 aliphatic rings. The highest BCUT2D eigenvalue weighted by Gasteiger charge is 2.55. The van der Waals surface area contributed by atoms with Gasteiger partial charge in [-0.1, -0.05) is 54.6 Å². The van der Waals surface area contributed by atoms with Crippen molar-refractivity contribution in [3.05, 3.63) is 71.3 Å². The van der Waals surface area contributed by atoms with Gasteiger partial charge in [0.2, 0.25) is 0 Å². The second kappa shape index (κ2) is 6.04. The van der Waals surface area contributed by atoms with Crippen LogP contribution in [0, 0.1) is 5.92 Å². The predicted octanol–water partition coefficient (Wildman–Crippen LogP) is 3.41. The Balaban J connectivity index is 1.62. The quantitative estimate of drug-likeness (QED) is 0.809. The van der Waals surface area contributed by atoms with Crippen molar-refractivity contribution < 1.29 is 19.0 Å². The minimum atomic E-state index is -0.756. The lowest BCUT2D eigenvalue weighted by atomic mass is 9.94. The molecule has 4 nitrogen and oxygen atoms in total. The highest BCUT2D eigenvalue weighted by atomic mass is 16.7. The summed E-state index contributed by atoms with van der Waals surface area (Å²) < 4.78 is 17.4. The molecule has 2 aromatic carbocycles. The Labute approximate surface area is 141 Å². The van der Waals surface area contributed by atoms with E-state index in [9.17, 15) is 4.79 Å². The van der Waals surface area contributed by atoms with E-state index in [0.717, 1.165) is 11.1 Å². The van der Waals surface area contributed by atoms with Crippen molar-refractivity contribution in [2.75, 3.05) is 7.11 Å². The van der Waals surface area contributed by atoms with E-state index >= 15 is 0 Å². The molecule has 0 unspecified atom stereocenters. The minimum Gasteiger partial charge on any atom is -0.469 e. The molecule has 24 heavy (non-hydrogen) atoms. The Morgan fingerprint density at radius 3 is 2.71 bits per heavy atom. The number of rotatable bonds is 4. The van der Waals surface area contributed by atoms with Crippen LogP contribution >= 0.6 is 0 Å². The fraction of sp³-hybridized carbons (Fsp3) is 0.350. The van der Waals surface area contributed by atoms with Crippen molar-refractivity contribution in [1.82, 2.24) is 0 Å². The normalized spacial score (nSPS) is 27.5. The van der Waals surface area contributed by atoms with E-state index in [2.05, 4.69) is 6.07 Å². The molecule has 2 bridgehead atoms. The van der Waals surface area contributed by atoms with Crippen molar-refractivity contribution in [3.63, 3.8) is 0 Å². The first-order valence-electron chi connectivity index (χ1n) is 8.22. The first-order valence-corrected chi connectivity index (χ1v) is 8.22. The van der Waals surface area contributed by atoms with Gasteiger partial charge in [-0.15, -0.1) is 0 Å². The maximum absolute atomic E-state index is 12.2. The lowest BCUT2D eigenvalue weighted by molar-refractivity contribution is -0.240. The molecule has 0 aliphatic carbocycles. The minimum absolute atomic E-state index is 0.234. The fourth-order valence-electron chi connectivity index (χ4n) is 3.75. The van der Waals surface area contributed by atoms with Gasteiger partial charge in [0.15, 0.2) is 5.79 Å². The lowest BCUT2D eigenvalue weighted by Crippen LogP contribution is -2.37. The summed E-state index contributed by atoms with van der Waals surface area (Å²) in [5, 5.41) is 0. The van der Waals surface area contributed by atoms with Crippen molar-refractivity contribution in [1.29, 1.82) is 0 Å². The van der Waals surface area contributed by atoms with Crippen molar-refractivity contribution in [2.24, 2.45) is 5.92 Å². The Bertz CT molecular complexity index is 742. The van der Waals surface area contributed by atoms with E-state index in [-0.39, 0.29) is 18.0 Å². The smallest absolute Gasteiger partial charge is 0.311 e. The number of hydrogen-bond donors (Lipinski definition) is 0. The zero-order chi connectivity index (χ0) is 16.6. The topological polar surface area (TPSA) is 44.8 Å². The molecular formula is C20H20O4. The molecule has 0 N–H and O–H groups in total. The van der Waals surface area contributed by atoms with Gasteiger partial charge in [-0.2, -0.15) is 0 Å². The summed E-state index contributed by atoms with van der Waals surface area (Å²) in [6.45, 7) is 0.462. The Morgan fingerprint density at radius 2 is 1.92 bits per heavy atom. The summed E-state index contributed by atoms with van der Waals surface area (Å²) in [6.07, 6.45) is 0.879. The molecule has 2 heterocycles. The van der Waals surface area contributed by atoms with Gasteiger partial charge in [-0.05, 0) is 16.7 Å². The zero-order valence-electron chi connectivity index (χ0n) is 13.6. The van der Waals surface area contributed by atoms with Gasteiger partial charge in [-0.3, -0.25) is 4.79 Å². The van der Waals surface area contributed by atoms with Crippen LogP contribution in [0.5, 0.6) is 0 Å². The molecule has 0 saturated carbocycles. The summed E-state index contributed by atoms with van der Waals surface area (Å²) in [5.41, 5.74) is 3.35. The number of fused-ring (bicyclic) bond motifs is 4. The third kappa shape index (κ3) is 2.62. The van der Waals surface area contributed by atoms with E-state index in [0.29, 0.717) is 19.4 Å². The molecule has 0 aromatic heterocycles. The van der Waals surface area contributed by atoms with Gasteiger partial charge in [-0.25, -0.2) is 0 Å². The molecule has 4 rings (SSSR count). The Hall–Kier alpha value is -2.17. The van der Waals surface area contributed by atoms with Gasteiger partial charge in [0.1, 0.15) is 0 Å². The van der Waals surface area contributed by atoms with Crippen molar-refractivity contribution in [2.45, 2.75) is 31.3 Å². The van der Waals surface area contributed by atoms with Gasteiger partial charge in [0.05, 0.1) is 25.7 Å². The van der Waals surface area contributed by atoms with E-state index in [1.807, 2.05) is 48.5 Å². The molecule has 124 valence electrons. The second-order valence-corrected chi connectivity index (χ2v) is 6.43. The predicted molar refractivity (Wildman–Crippen MR) is 88.1 cm³/mol. The monoisotopic (exact) mass is 324 g/mol. The maximum atomic E-state index is 12.2. The molecule has 2 aliphatic heterocycles. The summed E-state index contributed by atoms with van der Waals surface area (Å²) in [7, 11) is 1.42. The van der Waals surface area contributed by atoms with E-state index in [4.69, 9.17) is 14.2 Å². The Morgan fingerprint density at radius 1 is 1.17 bits per heavy atom. The standard InChI is InChI=1S/C20H20O4/c1-22-19(21)17-12-20(23-13-14-7-3-2-4-8-14)11-15-9-5-6-10-16(15)18(17)24-20/h2-10,17-18H,11-13H2,1H3/t17-,18+,20-/m1/s1. The SMILES string of the molecule is COC(=O)[C@@H]1C[C@@]2(OCc3ccccc3)Cc3ccccc3[C@@H]1O2. The first-order chi connectivity index (χ1) is 11.7. The average Bonchev–Trinajstić information content (AvgIpc) is 2.95. The number of ether oxygens (including phenoxy) is 3. The summed E-state index contributed by atoms with van der Waals surface area (Å²) in [5.74, 6) is -1.32. The van der Waals surface area contributed by atoms with Crippen LogP contribution in [0.3, 0.4) is 0 Å². The van der Waals surface area contributed by atoms with Crippen molar-refractivity contribution in [3.8, 4) is 0 Å². The third-order valence-electron chi connectivity index (χ3n) is 4.91. The summed E-state index contributed by atoms with van der Waals surface area (Å²) >= 11 is 0. The molecule has 0 radical (unpaired) electrons. The fourth-order valence-corrected chi connectivity index (χ4v) is 3.75. The van der Waals surface area contributed by atoms with Gasteiger partial charge in [0.25, 0.3) is 0 Å². The van der Waals surface area contributed by atoms with Crippen LogP contribution in [0.2, 0.25) is 0 Å². The largest absolute Gasteiger partial charge is 0.469 e. The molecular weight excluding hydrogens is 304 g/mol. The maximum Gasteiger partial charge on any atom is 0.311 e. The molecule has 3 atom stereocenters. The molecule has 1 saturated heterocycles. The summed E-state index contributed by atoms with van der Waals surface area (Å²) in [4.78, 5) is 12.2. The van der Waals surface area contributed by atoms with Crippen LogP contribution < -0.4 is 0 Å². The van der Waals surface area contributed by atoms with Crippen LogP contribution in [0.15, 0.2) is 54.6 Å². The van der Waals surface area contributed by atoms with Gasteiger partial charge >= 0.3 is 5.97 Å². The molecule has 0 spiro atoms. The van der Waals surface area contributed by atoms with Gasteiger partial charge in [0, 0.05) is 12.8 Å². The van der Waals surface area contributed by atoms with Crippen LogP contribution in [-0.4, -0.2) is 18.9 Å². The summed E-state index contributed by atoms with van der Waals surface area (Å²) in [6, 6.07) is 18.1. The number of carbonyl (C=O) groups is 1. The first kappa shape index (κ1) is 15.4. The number of esters is 1. The molecule has 1 fully saturated rings.